The van der Waals surface area contributed by atoms with Gasteiger partial charge in [0.25, 0.3) is 0 Å². The molecule has 2 rings (SSSR count). The van der Waals surface area contributed by atoms with E-state index < -0.39 is 6.03 Å². The number of hydrogen-bond donors (Lipinski definition) is 3. The number of hydrogen-bond acceptors (Lipinski definition) is 4. The zero-order valence-corrected chi connectivity index (χ0v) is 10.0. The second-order valence-electron chi connectivity index (χ2n) is 4.63. The molecular formula is C11H21N3O3. The van der Waals surface area contributed by atoms with Gasteiger partial charge in [-0.25, -0.2) is 4.79 Å². The molecule has 2 fully saturated rings. The molecule has 98 valence electrons. The van der Waals surface area contributed by atoms with E-state index in [9.17, 15) is 4.79 Å². The van der Waals surface area contributed by atoms with E-state index in [1.807, 2.05) is 0 Å². The Labute approximate surface area is 101 Å². The van der Waals surface area contributed by atoms with E-state index in [2.05, 4.69) is 10.6 Å². The highest BCUT2D eigenvalue weighted by molar-refractivity contribution is 5.71. The summed E-state index contributed by atoms with van der Waals surface area (Å²) < 4.78 is 11.3. The Morgan fingerprint density at radius 1 is 1.24 bits per heavy atom. The van der Waals surface area contributed by atoms with Gasteiger partial charge in [0.05, 0.1) is 13.2 Å². The molecule has 2 amide bonds. The standard InChI is InChI=1S/C11H21N3O3/c12-10(15)14-6-5-13-9-1-3-11(4-2-9)16-7-8-17-11/h9,13H,1-8H2,(H3,12,14,15). The zero-order chi connectivity index (χ0) is 12.1. The lowest BCUT2D eigenvalue weighted by Gasteiger charge is -2.35. The van der Waals surface area contributed by atoms with Crippen LogP contribution in [0.3, 0.4) is 0 Å². The van der Waals surface area contributed by atoms with Gasteiger partial charge in [0, 0.05) is 32.0 Å². The third-order valence-corrected chi connectivity index (χ3v) is 3.42. The first kappa shape index (κ1) is 12.6. The highest BCUT2D eigenvalue weighted by Crippen LogP contribution is 2.35. The number of nitrogens with two attached hydrogens (primary N) is 1. The normalized spacial score (nSPS) is 24.0. The van der Waals surface area contributed by atoms with Crippen LogP contribution >= 0.6 is 0 Å². The fourth-order valence-electron chi connectivity index (χ4n) is 2.51. The van der Waals surface area contributed by atoms with E-state index >= 15 is 0 Å². The molecule has 1 aliphatic carbocycles. The quantitative estimate of drug-likeness (QED) is 0.603. The number of ether oxygens (including phenoxy) is 2. The number of amides is 2. The molecule has 1 spiro atoms. The van der Waals surface area contributed by atoms with Crippen LogP contribution in [0.15, 0.2) is 0 Å². The number of nitrogens with one attached hydrogen (secondary N) is 2. The van der Waals surface area contributed by atoms with Crippen LogP contribution in [0.25, 0.3) is 0 Å². The molecule has 1 saturated heterocycles. The molecule has 0 bridgehead atoms. The largest absolute Gasteiger partial charge is 0.352 e. The Morgan fingerprint density at radius 2 is 1.88 bits per heavy atom. The maximum atomic E-state index is 10.5. The first-order chi connectivity index (χ1) is 8.20. The van der Waals surface area contributed by atoms with Gasteiger partial charge < -0.3 is 25.8 Å². The average Bonchev–Trinajstić information content (AvgIpc) is 2.75. The van der Waals surface area contributed by atoms with Crippen LogP contribution in [0.4, 0.5) is 4.79 Å². The molecule has 2 aliphatic rings. The fourth-order valence-corrected chi connectivity index (χ4v) is 2.51. The van der Waals surface area contributed by atoms with Crippen molar-refractivity contribution in [3.05, 3.63) is 0 Å². The van der Waals surface area contributed by atoms with Crippen molar-refractivity contribution in [1.82, 2.24) is 10.6 Å². The molecule has 6 heteroatoms. The Kier molecular flexibility index (Phi) is 4.20. The van der Waals surface area contributed by atoms with Gasteiger partial charge >= 0.3 is 6.03 Å². The SMILES string of the molecule is NC(=O)NCCNC1CCC2(CC1)OCCO2. The number of carbonyl (C=O) groups is 1. The van der Waals surface area contributed by atoms with Crippen molar-refractivity contribution in [3.63, 3.8) is 0 Å². The molecule has 0 unspecified atom stereocenters. The number of urea groups is 1. The molecule has 0 aromatic carbocycles. The van der Waals surface area contributed by atoms with Gasteiger partial charge in [-0.1, -0.05) is 0 Å². The molecule has 1 aliphatic heterocycles. The van der Waals surface area contributed by atoms with Crippen molar-refractivity contribution in [2.75, 3.05) is 26.3 Å². The summed E-state index contributed by atoms with van der Waals surface area (Å²) in [7, 11) is 0. The Morgan fingerprint density at radius 3 is 2.47 bits per heavy atom. The smallest absolute Gasteiger partial charge is 0.312 e. The summed E-state index contributed by atoms with van der Waals surface area (Å²) in [6, 6.07) is 0.0188. The topological polar surface area (TPSA) is 85.6 Å². The molecule has 1 saturated carbocycles. The van der Waals surface area contributed by atoms with Gasteiger partial charge in [0.15, 0.2) is 5.79 Å². The predicted molar refractivity (Wildman–Crippen MR) is 62.5 cm³/mol. The van der Waals surface area contributed by atoms with Crippen molar-refractivity contribution in [3.8, 4) is 0 Å². The van der Waals surface area contributed by atoms with Gasteiger partial charge in [-0.05, 0) is 12.8 Å². The van der Waals surface area contributed by atoms with Crippen LogP contribution < -0.4 is 16.4 Å². The van der Waals surface area contributed by atoms with E-state index in [-0.39, 0.29) is 5.79 Å². The lowest BCUT2D eigenvalue weighted by molar-refractivity contribution is -0.179. The van der Waals surface area contributed by atoms with Crippen LogP contribution in [0.1, 0.15) is 25.7 Å². The minimum Gasteiger partial charge on any atom is -0.352 e. The van der Waals surface area contributed by atoms with Crippen LogP contribution in [0, 0.1) is 0 Å². The summed E-state index contributed by atoms with van der Waals surface area (Å²) in [5.41, 5.74) is 4.98. The molecule has 0 aromatic heterocycles. The third-order valence-electron chi connectivity index (χ3n) is 3.42. The van der Waals surface area contributed by atoms with Crippen molar-refractivity contribution in [2.24, 2.45) is 5.73 Å². The second kappa shape index (κ2) is 5.66. The summed E-state index contributed by atoms with van der Waals surface area (Å²) >= 11 is 0. The summed E-state index contributed by atoms with van der Waals surface area (Å²) in [6.07, 6.45) is 4.01. The summed E-state index contributed by atoms with van der Waals surface area (Å²) in [4.78, 5) is 10.5. The zero-order valence-electron chi connectivity index (χ0n) is 10.0. The first-order valence-electron chi connectivity index (χ1n) is 6.25. The molecule has 0 aromatic rings. The molecule has 17 heavy (non-hydrogen) atoms. The average molecular weight is 243 g/mol. The number of carbonyl (C=O) groups excluding carboxylic acids is 1. The van der Waals surface area contributed by atoms with Crippen molar-refractivity contribution >= 4 is 6.03 Å². The molecule has 6 nitrogen and oxygen atoms in total. The summed E-state index contributed by atoms with van der Waals surface area (Å²) in [6.45, 7) is 2.77. The van der Waals surface area contributed by atoms with Gasteiger partial charge in [0.2, 0.25) is 0 Å². The van der Waals surface area contributed by atoms with Crippen molar-refractivity contribution < 1.29 is 14.3 Å². The predicted octanol–water partition coefficient (Wildman–Crippen LogP) is -0.0700. The molecule has 0 radical (unpaired) electrons. The van der Waals surface area contributed by atoms with E-state index in [0.29, 0.717) is 12.6 Å². The molecule has 4 N–H and O–H groups in total. The Hall–Kier alpha value is -0.850. The van der Waals surface area contributed by atoms with Gasteiger partial charge in [0.1, 0.15) is 0 Å². The highest BCUT2D eigenvalue weighted by Gasteiger charge is 2.39. The molecule has 0 atom stereocenters. The molecule has 1 heterocycles. The lowest BCUT2D eigenvalue weighted by atomic mass is 9.90. The van der Waals surface area contributed by atoms with Gasteiger partial charge in [-0.2, -0.15) is 0 Å². The van der Waals surface area contributed by atoms with Crippen LogP contribution in [-0.4, -0.2) is 44.2 Å². The summed E-state index contributed by atoms with van der Waals surface area (Å²) in [5.74, 6) is -0.288. The number of primary amides is 1. The van der Waals surface area contributed by atoms with Gasteiger partial charge in [-0.15, -0.1) is 0 Å². The third kappa shape index (κ3) is 3.55. The maximum Gasteiger partial charge on any atom is 0.312 e. The first-order valence-corrected chi connectivity index (χ1v) is 6.25. The van der Waals surface area contributed by atoms with Crippen molar-refractivity contribution in [2.45, 2.75) is 37.5 Å². The van der Waals surface area contributed by atoms with E-state index in [1.165, 1.54) is 0 Å². The van der Waals surface area contributed by atoms with E-state index in [1.54, 1.807) is 0 Å². The second-order valence-corrected chi connectivity index (χ2v) is 4.63. The van der Waals surface area contributed by atoms with Crippen LogP contribution in [0.2, 0.25) is 0 Å². The van der Waals surface area contributed by atoms with Crippen molar-refractivity contribution in [1.29, 1.82) is 0 Å². The Balaban J connectivity index is 1.60. The summed E-state index contributed by atoms with van der Waals surface area (Å²) in [5, 5.41) is 5.96. The minimum atomic E-state index is -0.470. The van der Waals surface area contributed by atoms with Crippen LogP contribution in [0.5, 0.6) is 0 Å². The van der Waals surface area contributed by atoms with E-state index in [0.717, 1.165) is 45.4 Å². The number of rotatable bonds is 4. The van der Waals surface area contributed by atoms with Gasteiger partial charge in [-0.3, -0.25) is 0 Å². The maximum absolute atomic E-state index is 10.5. The van der Waals surface area contributed by atoms with Crippen LogP contribution in [-0.2, 0) is 9.47 Å². The minimum absolute atomic E-state index is 0.288. The molecular weight excluding hydrogens is 222 g/mol. The Bertz CT molecular complexity index is 257. The highest BCUT2D eigenvalue weighted by atomic mass is 16.7. The monoisotopic (exact) mass is 243 g/mol. The fraction of sp³-hybridized carbons (Fsp3) is 0.909. The van der Waals surface area contributed by atoms with E-state index in [4.69, 9.17) is 15.2 Å². The lowest BCUT2D eigenvalue weighted by Crippen LogP contribution is -2.44.